The fraction of sp³-hybridized carbons (Fsp3) is 0.500. The lowest BCUT2D eigenvalue weighted by atomic mass is 10.1. The van der Waals surface area contributed by atoms with Crippen molar-refractivity contribution in [1.82, 2.24) is 0 Å². The quantitative estimate of drug-likeness (QED) is 0.643. The lowest BCUT2D eigenvalue weighted by molar-refractivity contribution is 0.109. The first-order valence-corrected chi connectivity index (χ1v) is 3.44. The van der Waals surface area contributed by atoms with Crippen LogP contribution in [-0.4, -0.2) is 25.4 Å². The van der Waals surface area contributed by atoms with Crippen LogP contribution in [0.5, 0.6) is 0 Å². The molecule has 3 heteroatoms. The highest BCUT2D eigenvalue weighted by Gasteiger charge is 2.17. The normalized spacial score (nSPS) is 23.7. The van der Waals surface area contributed by atoms with Crippen LogP contribution < -0.4 is 0 Å². The minimum absolute atomic E-state index is 0.496. The van der Waals surface area contributed by atoms with Crippen molar-refractivity contribution in [1.29, 1.82) is 0 Å². The fourth-order valence-corrected chi connectivity index (χ4v) is 1.00. The number of rotatable bonds is 2. The van der Waals surface area contributed by atoms with Crippen LogP contribution in [0.3, 0.4) is 0 Å². The molecule has 1 N–H and O–H groups in total. The molecule has 3 nitrogen and oxygen atoms in total. The summed E-state index contributed by atoms with van der Waals surface area (Å²) < 4.78 is 9.86. The molecule has 1 aliphatic carbocycles. The summed E-state index contributed by atoms with van der Waals surface area (Å²) in [6, 6.07) is 0. The van der Waals surface area contributed by atoms with Gasteiger partial charge in [-0.3, -0.25) is 0 Å². The van der Waals surface area contributed by atoms with Gasteiger partial charge >= 0.3 is 0 Å². The molecule has 11 heavy (non-hydrogen) atoms. The minimum atomic E-state index is -0.556. The standard InChI is InChI=1S/C8H12O3/c1-10-6-3-4-8(11-2)7(9)5-6/h3-4,7,9H,5H2,1-2H3. The Morgan fingerprint density at radius 2 is 2.09 bits per heavy atom. The Kier molecular flexibility index (Phi) is 2.54. The molecule has 0 radical (unpaired) electrons. The number of allylic oxidation sites excluding steroid dienone is 2. The Hall–Kier alpha value is -0.960. The van der Waals surface area contributed by atoms with Crippen LogP contribution in [0.1, 0.15) is 6.42 Å². The van der Waals surface area contributed by atoms with Gasteiger partial charge in [0.05, 0.1) is 20.0 Å². The fourth-order valence-electron chi connectivity index (χ4n) is 1.00. The van der Waals surface area contributed by atoms with Gasteiger partial charge in [-0.2, -0.15) is 0 Å². The van der Waals surface area contributed by atoms with E-state index in [9.17, 15) is 5.11 Å². The van der Waals surface area contributed by atoms with E-state index in [2.05, 4.69) is 0 Å². The maximum absolute atomic E-state index is 9.36. The van der Waals surface area contributed by atoms with Gasteiger partial charge < -0.3 is 14.6 Å². The second kappa shape index (κ2) is 3.44. The van der Waals surface area contributed by atoms with Gasteiger partial charge in [0.15, 0.2) is 0 Å². The molecule has 62 valence electrons. The molecule has 0 saturated heterocycles. The minimum Gasteiger partial charge on any atom is -0.501 e. The molecule has 1 unspecified atom stereocenters. The molecular formula is C8H12O3. The number of methoxy groups -OCH3 is 2. The van der Waals surface area contributed by atoms with Gasteiger partial charge in [0.25, 0.3) is 0 Å². The van der Waals surface area contributed by atoms with E-state index < -0.39 is 6.10 Å². The monoisotopic (exact) mass is 156 g/mol. The van der Waals surface area contributed by atoms with Crippen LogP contribution in [0, 0.1) is 0 Å². The second-order valence-corrected chi connectivity index (χ2v) is 2.33. The van der Waals surface area contributed by atoms with Crippen molar-refractivity contribution in [3.05, 3.63) is 23.7 Å². The smallest absolute Gasteiger partial charge is 0.125 e. The van der Waals surface area contributed by atoms with Crippen LogP contribution in [0.2, 0.25) is 0 Å². The van der Waals surface area contributed by atoms with Gasteiger partial charge in [0.1, 0.15) is 11.9 Å². The summed E-state index contributed by atoms with van der Waals surface area (Å²) in [7, 11) is 3.13. The summed E-state index contributed by atoms with van der Waals surface area (Å²) in [5.41, 5.74) is 0. The number of aliphatic hydroxyl groups excluding tert-OH is 1. The van der Waals surface area contributed by atoms with Crippen LogP contribution in [0.25, 0.3) is 0 Å². The maximum Gasteiger partial charge on any atom is 0.125 e. The number of hydrogen-bond donors (Lipinski definition) is 1. The van der Waals surface area contributed by atoms with Gasteiger partial charge in [0.2, 0.25) is 0 Å². The largest absolute Gasteiger partial charge is 0.501 e. The Balaban J connectivity index is 2.69. The first-order chi connectivity index (χ1) is 5.27. The maximum atomic E-state index is 9.36. The zero-order valence-electron chi connectivity index (χ0n) is 6.70. The van der Waals surface area contributed by atoms with Crippen molar-refractivity contribution in [3.63, 3.8) is 0 Å². The molecule has 0 aromatic rings. The van der Waals surface area contributed by atoms with Crippen LogP contribution in [-0.2, 0) is 9.47 Å². The Bertz CT molecular complexity index is 194. The number of aliphatic hydroxyl groups is 1. The summed E-state index contributed by atoms with van der Waals surface area (Å²) in [4.78, 5) is 0. The highest BCUT2D eigenvalue weighted by atomic mass is 16.5. The SMILES string of the molecule is COC1=CC=C(OC)C(O)C1. The second-order valence-electron chi connectivity index (χ2n) is 2.33. The third-order valence-electron chi connectivity index (χ3n) is 1.65. The van der Waals surface area contributed by atoms with E-state index in [1.807, 2.05) is 0 Å². The molecular weight excluding hydrogens is 144 g/mol. The number of hydrogen-bond acceptors (Lipinski definition) is 3. The molecule has 0 bridgehead atoms. The van der Waals surface area contributed by atoms with Crippen LogP contribution in [0.4, 0.5) is 0 Å². The van der Waals surface area contributed by atoms with Gasteiger partial charge in [-0.05, 0) is 12.2 Å². The van der Waals surface area contributed by atoms with Gasteiger partial charge in [-0.15, -0.1) is 0 Å². The van der Waals surface area contributed by atoms with Crippen molar-refractivity contribution in [3.8, 4) is 0 Å². The van der Waals surface area contributed by atoms with E-state index in [0.29, 0.717) is 12.2 Å². The molecule has 0 aromatic carbocycles. The van der Waals surface area contributed by atoms with Crippen molar-refractivity contribution in [2.45, 2.75) is 12.5 Å². The molecule has 0 heterocycles. The van der Waals surface area contributed by atoms with Crippen molar-refractivity contribution < 1.29 is 14.6 Å². The summed E-state index contributed by atoms with van der Waals surface area (Å²) in [5, 5.41) is 9.36. The third-order valence-corrected chi connectivity index (χ3v) is 1.65. The summed E-state index contributed by atoms with van der Waals surface area (Å²) in [6.07, 6.45) is 3.45. The molecule has 0 amide bonds. The zero-order chi connectivity index (χ0) is 8.27. The average Bonchev–Trinajstić information content (AvgIpc) is 2.04. The predicted molar refractivity (Wildman–Crippen MR) is 40.8 cm³/mol. The Labute approximate surface area is 65.9 Å². The van der Waals surface area contributed by atoms with Crippen molar-refractivity contribution in [2.24, 2.45) is 0 Å². The molecule has 1 aliphatic rings. The molecule has 0 aromatic heterocycles. The highest BCUT2D eigenvalue weighted by molar-refractivity contribution is 5.20. The molecule has 0 saturated carbocycles. The average molecular weight is 156 g/mol. The Morgan fingerprint density at radius 3 is 2.55 bits per heavy atom. The molecule has 1 rings (SSSR count). The summed E-state index contributed by atoms with van der Waals surface area (Å²) >= 11 is 0. The van der Waals surface area contributed by atoms with Crippen molar-refractivity contribution in [2.75, 3.05) is 14.2 Å². The van der Waals surface area contributed by atoms with Gasteiger partial charge in [-0.1, -0.05) is 0 Å². The number of ether oxygens (including phenoxy) is 2. The van der Waals surface area contributed by atoms with E-state index in [0.717, 1.165) is 5.76 Å². The molecule has 0 fully saturated rings. The van der Waals surface area contributed by atoms with Crippen molar-refractivity contribution >= 4 is 0 Å². The summed E-state index contributed by atoms with van der Waals surface area (Å²) in [6.45, 7) is 0. The van der Waals surface area contributed by atoms with E-state index in [-0.39, 0.29) is 0 Å². The molecule has 1 atom stereocenters. The van der Waals surface area contributed by atoms with E-state index in [1.165, 1.54) is 0 Å². The first kappa shape index (κ1) is 8.14. The van der Waals surface area contributed by atoms with Crippen LogP contribution in [0.15, 0.2) is 23.7 Å². The van der Waals surface area contributed by atoms with E-state index >= 15 is 0 Å². The first-order valence-electron chi connectivity index (χ1n) is 3.44. The van der Waals surface area contributed by atoms with E-state index in [1.54, 1.807) is 26.4 Å². The molecule has 0 spiro atoms. The lowest BCUT2D eigenvalue weighted by Crippen LogP contribution is -2.16. The van der Waals surface area contributed by atoms with Crippen LogP contribution >= 0.6 is 0 Å². The molecule has 0 aliphatic heterocycles. The zero-order valence-corrected chi connectivity index (χ0v) is 6.70. The topological polar surface area (TPSA) is 38.7 Å². The highest BCUT2D eigenvalue weighted by Crippen LogP contribution is 2.19. The lowest BCUT2D eigenvalue weighted by Gasteiger charge is -2.18. The van der Waals surface area contributed by atoms with Gasteiger partial charge in [-0.25, -0.2) is 0 Å². The predicted octanol–water partition coefficient (Wildman–Crippen LogP) is 0.812. The third kappa shape index (κ3) is 1.74. The van der Waals surface area contributed by atoms with E-state index in [4.69, 9.17) is 9.47 Å². The Morgan fingerprint density at radius 1 is 1.36 bits per heavy atom. The summed E-state index contributed by atoms with van der Waals surface area (Å²) in [5.74, 6) is 1.36. The van der Waals surface area contributed by atoms with Gasteiger partial charge in [0, 0.05) is 6.42 Å².